The Morgan fingerprint density at radius 3 is 2.79 bits per heavy atom. The molecule has 33 heavy (non-hydrogen) atoms. The first kappa shape index (κ1) is 20.8. The minimum Gasteiger partial charge on any atom is -0.480 e. The number of amides is 1. The van der Waals surface area contributed by atoms with Gasteiger partial charge >= 0.3 is 12.1 Å². The van der Waals surface area contributed by atoms with Gasteiger partial charge in [-0.15, -0.1) is 11.3 Å². The van der Waals surface area contributed by atoms with Gasteiger partial charge in [-0.2, -0.15) is 0 Å². The zero-order valence-electron chi connectivity index (χ0n) is 17.5. The van der Waals surface area contributed by atoms with Crippen LogP contribution in [0.15, 0.2) is 40.9 Å². The molecule has 9 nitrogen and oxygen atoms in total. The van der Waals surface area contributed by atoms with Crippen molar-refractivity contribution in [3.8, 4) is 11.8 Å². The molecule has 0 aliphatic heterocycles. The van der Waals surface area contributed by atoms with Gasteiger partial charge in [0.25, 0.3) is 0 Å². The lowest BCUT2D eigenvalue weighted by Crippen LogP contribution is -2.20. The monoisotopic (exact) mass is 462 g/mol. The second-order valence-corrected chi connectivity index (χ2v) is 8.74. The summed E-state index contributed by atoms with van der Waals surface area (Å²) >= 11 is 1.34. The van der Waals surface area contributed by atoms with Gasteiger partial charge in [-0.05, 0) is 43.2 Å². The molecule has 1 saturated carbocycles. The van der Waals surface area contributed by atoms with Crippen molar-refractivity contribution in [1.82, 2.24) is 15.1 Å². The third-order valence-electron chi connectivity index (χ3n) is 5.39. The number of rotatable bonds is 5. The number of carboxylic acid groups (broad SMARTS) is 1. The average molecular weight is 462 g/mol. The second-order valence-electron chi connectivity index (χ2n) is 7.71. The number of aromatic nitrogens is 3. The lowest BCUT2D eigenvalue weighted by molar-refractivity contribution is -0.140. The summed E-state index contributed by atoms with van der Waals surface area (Å²) in [7, 11) is 0. The number of imidazole rings is 1. The van der Waals surface area contributed by atoms with E-state index < -0.39 is 17.5 Å². The van der Waals surface area contributed by atoms with Crippen molar-refractivity contribution in [3.63, 3.8) is 0 Å². The van der Waals surface area contributed by atoms with Crippen molar-refractivity contribution in [2.45, 2.75) is 31.8 Å². The van der Waals surface area contributed by atoms with Crippen molar-refractivity contribution in [2.24, 2.45) is 0 Å². The van der Waals surface area contributed by atoms with Gasteiger partial charge in [-0.1, -0.05) is 35.5 Å². The zero-order chi connectivity index (χ0) is 23.0. The number of carboxylic acids is 1. The van der Waals surface area contributed by atoms with E-state index in [0.717, 1.165) is 11.1 Å². The first-order valence-electron chi connectivity index (χ1n) is 10.1. The molecule has 0 spiro atoms. The van der Waals surface area contributed by atoms with E-state index in [4.69, 9.17) is 9.26 Å². The van der Waals surface area contributed by atoms with Crippen LogP contribution >= 0.6 is 11.3 Å². The van der Waals surface area contributed by atoms with Crippen LogP contribution < -0.4 is 5.32 Å². The molecule has 10 heteroatoms. The minimum atomic E-state index is -0.877. The number of H-pyrrole nitrogens is 1. The molecule has 0 bridgehead atoms. The summed E-state index contributed by atoms with van der Waals surface area (Å²) in [5, 5.41) is 15.9. The smallest absolute Gasteiger partial charge is 0.412 e. The Kier molecular flexibility index (Phi) is 5.11. The van der Waals surface area contributed by atoms with E-state index in [-0.39, 0.29) is 12.4 Å². The molecule has 1 aliphatic rings. The van der Waals surface area contributed by atoms with Crippen LogP contribution in [0.4, 0.5) is 10.5 Å². The third kappa shape index (κ3) is 4.06. The highest BCUT2D eigenvalue weighted by Crippen LogP contribution is 2.47. The summed E-state index contributed by atoms with van der Waals surface area (Å²) in [6.45, 7) is 1.83. The maximum atomic E-state index is 12.2. The predicted octanol–water partition coefficient (Wildman–Crippen LogP) is 4.19. The van der Waals surface area contributed by atoms with E-state index in [2.05, 4.69) is 32.3 Å². The van der Waals surface area contributed by atoms with Gasteiger partial charge in [0, 0.05) is 0 Å². The van der Waals surface area contributed by atoms with Crippen LogP contribution in [0.2, 0.25) is 0 Å². The van der Waals surface area contributed by atoms with Gasteiger partial charge in [0.1, 0.15) is 34.1 Å². The van der Waals surface area contributed by atoms with Gasteiger partial charge in [0.15, 0.2) is 0 Å². The fraction of sp³-hybridized carbons (Fsp3) is 0.217. The highest BCUT2D eigenvalue weighted by atomic mass is 32.1. The quantitative estimate of drug-likeness (QED) is 0.379. The van der Waals surface area contributed by atoms with Crippen molar-refractivity contribution < 1.29 is 24.0 Å². The van der Waals surface area contributed by atoms with Crippen LogP contribution in [0.1, 0.15) is 40.6 Å². The number of hydrogen-bond donors (Lipinski definition) is 3. The van der Waals surface area contributed by atoms with E-state index in [1.807, 2.05) is 36.4 Å². The van der Waals surface area contributed by atoms with Crippen molar-refractivity contribution in [2.75, 3.05) is 5.32 Å². The maximum absolute atomic E-state index is 12.2. The SMILES string of the molecule is Cc1noc(C#Cc2cc3[nH]c(C4(C(=O)O)CC4)nc3s2)c1NC(=O)OCc1ccccc1. The van der Waals surface area contributed by atoms with Crippen LogP contribution in [0.5, 0.6) is 0 Å². The molecule has 0 atom stereocenters. The summed E-state index contributed by atoms with van der Waals surface area (Å²) in [6.07, 6.45) is 0.538. The molecule has 0 unspecified atom stereocenters. The molecule has 4 aromatic rings. The molecular formula is C23H18N4O5S. The Bertz CT molecular complexity index is 1390. The maximum Gasteiger partial charge on any atom is 0.412 e. The van der Waals surface area contributed by atoms with Crippen LogP contribution in [0.25, 0.3) is 10.3 Å². The number of carbonyl (C=O) groups is 2. The van der Waals surface area contributed by atoms with E-state index in [1.54, 1.807) is 6.92 Å². The molecule has 0 radical (unpaired) electrons. The number of anilines is 1. The van der Waals surface area contributed by atoms with Gasteiger partial charge in [-0.3, -0.25) is 10.1 Å². The summed E-state index contributed by atoms with van der Waals surface area (Å²) < 4.78 is 10.5. The lowest BCUT2D eigenvalue weighted by Gasteiger charge is -2.06. The molecular weight excluding hydrogens is 444 g/mol. The molecule has 3 heterocycles. The number of aryl methyl sites for hydroxylation is 1. The second kappa shape index (κ2) is 8.11. The number of nitrogens with zero attached hydrogens (tertiary/aromatic N) is 2. The Hall–Kier alpha value is -4.10. The van der Waals surface area contributed by atoms with E-state index in [0.29, 0.717) is 39.8 Å². The largest absolute Gasteiger partial charge is 0.480 e. The number of hydrogen-bond acceptors (Lipinski definition) is 7. The Morgan fingerprint density at radius 1 is 1.30 bits per heavy atom. The highest BCUT2D eigenvalue weighted by molar-refractivity contribution is 7.19. The molecule has 3 aromatic heterocycles. The van der Waals surface area contributed by atoms with Gasteiger partial charge < -0.3 is 19.4 Å². The summed E-state index contributed by atoms with van der Waals surface area (Å²) in [5.41, 5.74) is 1.56. The third-order valence-corrected chi connectivity index (χ3v) is 6.34. The minimum absolute atomic E-state index is 0.136. The summed E-state index contributed by atoms with van der Waals surface area (Å²) in [4.78, 5) is 32.7. The van der Waals surface area contributed by atoms with Gasteiger partial charge in [-0.25, -0.2) is 9.78 Å². The van der Waals surface area contributed by atoms with Crippen LogP contribution in [-0.2, 0) is 21.6 Å². The van der Waals surface area contributed by atoms with E-state index >= 15 is 0 Å². The van der Waals surface area contributed by atoms with Crippen LogP contribution in [-0.4, -0.2) is 32.3 Å². The van der Waals surface area contributed by atoms with E-state index in [9.17, 15) is 14.7 Å². The first-order chi connectivity index (χ1) is 15.9. The van der Waals surface area contributed by atoms with Gasteiger partial charge in [0.2, 0.25) is 5.76 Å². The average Bonchev–Trinajstić information content (AvgIpc) is 3.24. The fourth-order valence-corrected chi connectivity index (χ4v) is 4.20. The standard InChI is InChI=1S/C23H18N4O5S/c1-13-18(25-22(30)31-12-14-5-3-2-4-6-14)17(32-27-13)8-7-15-11-16-19(33-15)26-20(24-16)23(9-10-23)21(28)29/h2-6,11H,9-10,12H2,1H3,(H,24,26)(H,25,30)(H,28,29). The number of thiophene rings is 1. The van der Waals surface area contributed by atoms with Crippen molar-refractivity contribution in [3.05, 3.63) is 64.1 Å². The predicted molar refractivity (Wildman–Crippen MR) is 120 cm³/mol. The number of aliphatic carboxylic acids is 1. The summed E-state index contributed by atoms with van der Waals surface area (Å²) in [5.74, 6) is 5.70. The Labute approximate surface area is 191 Å². The molecule has 1 fully saturated rings. The van der Waals surface area contributed by atoms with Crippen LogP contribution in [0.3, 0.4) is 0 Å². The fourth-order valence-electron chi connectivity index (χ4n) is 3.36. The molecule has 0 saturated heterocycles. The number of ether oxygens (including phenoxy) is 1. The molecule has 1 amide bonds. The topological polar surface area (TPSA) is 130 Å². The Balaban J connectivity index is 1.29. The normalized spacial score (nSPS) is 13.8. The Morgan fingerprint density at radius 2 is 2.09 bits per heavy atom. The highest BCUT2D eigenvalue weighted by Gasteiger charge is 2.54. The summed E-state index contributed by atoms with van der Waals surface area (Å²) in [6, 6.07) is 11.2. The van der Waals surface area contributed by atoms with Crippen molar-refractivity contribution >= 4 is 39.4 Å². The molecule has 1 aromatic carbocycles. The molecule has 1 aliphatic carbocycles. The number of nitrogens with one attached hydrogen (secondary N) is 2. The first-order valence-corrected chi connectivity index (χ1v) is 11.0. The molecule has 3 N–H and O–H groups in total. The number of carbonyl (C=O) groups excluding carboxylic acids is 1. The van der Waals surface area contributed by atoms with Gasteiger partial charge in [0.05, 0.1) is 10.4 Å². The van der Waals surface area contributed by atoms with Crippen molar-refractivity contribution in [1.29, 1.82) is 0 Å². The lowest BCUT2D eigenvalue weighted by atomic mass is 10.1. The number of benzene rings is 1. The number of fused-ring (bicyclic) bond motifs is 1. The molecule has 5 rings (SSSR count). The zero-order valence-corrected chi connectivity index (χ0v) is 18.3. The molecule has 166 valence electrons. The number of aromatic amines is 1. The van der Waals surface area contributed by atoms with E-state index in [1.165, 1.54) is 11.3 Å². The van der Waals surface area contributed by atoms with Crippen LogP contribution in [0, 0.1) is 18.8 Å².